The summed E-state index contributed by atoms with van der Waals surface area (Å²) in [5, 5.41) is 14.7. The van der Waals surface area contributed by atoms with Gasteiger partial charge in [0, 0.05) is 12.2 Å². The van der Waals surface area contributed by atoms with E-state index >= 15 is 0 Å². The molecular formula is C17H17F3N2O3. The lowest BCUT2D eigenvalue weighted by molar-refractivity contribution is -0.137. The van der Waals surface area contributed by atoms with Crippen LogP contribution >= 0.6 is 0 Å². The number of rotatable bonds is 5. The van der Waals surface area contributed by atoms with Crippen molar-refractivity contribution in [3.05, 3.63) is 59.7 Å². The molecule has 0 saturated heterocycles. The molecule has 1 atom stereocenters. The number of carbonyl (C=O) groups is 1. The number of amides is 2. The van der Waals surface area contributed by atoms with Gasteiger partial charge in [0.25, 0.3) is 0 Å². The highest BCUT2D eigenvalue weighted by atomic mass is 19.4. The highest BCUT2D eigenvalue weighted by Crippen LogP contribution is 2.30. The van der Waals surface area contributed by atoms with Crippen molar-refractivity contribution in [1.29, 1.82) is 0 Å². The first-order valence-corrected chi connectivity index (χ1v) is 7.33. The van der Waals surface area contributed by atoms with Crippen LogP contribution in [0.5, 0.6) is 5.75 Å². The summed E-state index contributed by atoms with van der Waals surface area (Å²) in [6.07, 6.45) is -5.45. The first-order valence-electron chi connectivity index (χ1n) is 7.33. The molecule has 0 bridgehead atoms. The van der Waals surface area contributed by atoms with Crippen LogP contribution in [0, 0.1) is 0 Å². The van der Waals surface area contributed by atoms with E-state index in [0.29, 0.717) is 11.3 Å². The first-order chi connectivity index (χ1) is 11.8. The smallest absolute Gasteiger partial charge is 0.416 e. The monoisotopic (exact) mass is 354 g/mol. The maximum Gasteiger partial charge on any atom is 0.416 e. The molecule has 0 aliphatic carbocycles. The predicted octanol–water partition coefficient (Wildman–Crippen LogP) is 3.57. The topological polar surface area (TPSA) is 70.6 Å². The van der Waals surface area contributed by atoms with Crippen molar-refractivity contribution >= 4 is 11.7 Å². The molecule has 0 aromatic heterocycles. The molecule has 134 valence electrons. The second-order valence-corrected chi connectivity index (χ2v) is 5.20. The molecule has 2 aromatic carbocycles. The van der Waals surface area contributed by atoms with Crippen LogP contribution in [0.4, 0.5) is 23.7 Å². The summed E-state index contributed by atoms with van der Waals surface area (Å²) in [6.45, 7) is -0.100. The van der Waals surface area contributed by atoms with E-state index in [9.17, 15) is 23.1 Å². The van der Waals surface area contributed by atoms with E-state index in [0.717, 1.165) is 12.1 Å². The van der Waals surface area contributed by atoms with Crippen LogP contribution < -0.4 is 15.4 Å². The van der Waals surface area contributed by atoms with Gasteiger partial charge in [0.1, 0.15) is 5.75 Å². The van der Waals surface area contributed by atoms with Gasteiger partial charge in [-0.05, 0) is 35.9 Å². The highest BCUT2D eigenvalue weighted by Gasteiger charge is 2.30. The predicted molar refractivity (Wildman–Crippen MR) is 86.4 cm³/mol. The van der Waals surface area contributed by atoms with Crippen LogP contribution in [0.2, 0.25) is 0 Å². The number of ether oxygens (including phenoxy) is 1. The van der Waals surface area contributed by atoms with Crippen molar-refractivity contribution in [1.82, 2.24) is 5.32 Å². The van der Waals surface area contributed by atoms with Crippen LogP contribution in [0.25, 0.3) is 0 Å². The van der Waals surface area contributed by atoms with E-state index in [1.165, 1.54) is 19.2 Å². The van der Waals surface area contributed by atoms with Gasteiger partial charge in [-0.2, -0.15) is 13.2 Å². The third-order valence-electron chi connectivity index (χ3n) is 3.40. The zero-order chi connectivity index (χ0) is 18.4. The molecule has 2 amide bonds. The van der Waals surface area contributed by atoms with Gasteiger partial charge >= 0.3 is 12.2 Å². The van der Waals surface area contributed by atoms with Crippen LogP contribution in [-0.2, 0) is 6.18 Å². The minimum atomic E-state index is -4.49. The van der Waals surface area contributed by atoms with E-state index in [1.807, 2.05) is 0 Å². The van der Waals surface area contributed by atoms with E-state index < -0.39 is 23.9 Å². The molecule has 0 saturated carbocycles. The second-order valence-electron chi connectivity index (χ2n) is 5.20. The molecule has 2 rings (SSSR count). The number of hydrogen-bond donors (Lipinski definition) is 3. The lowest BCUT2D eigenvalue weighted by atomic mass is 10.1. The van der Waals surface area contributed by atoms with Gasteiger partial charge in [0.2, 0.25) is 0 Å². The maximum atomic E-state index is 12.6. The van der Waals surface area contributed by atoms with E-state index in [4.69, 9.17) is 4.74 Å². The van der Waals surface area contributed by atoms with Gasteiger partial charge in [0.15, 0.2) is 0 Å². The van der Waals surface area contributed by atoms with Crippen LogP contribution in [0.15, 0.2) is 48.5 Å². The normalized spacial score (nSPS) is 12.4. The van der Waals surface area contributed by atoms with E-state index in [1.54, 1.807) is 24.3 Å². The van der Waals surface area contributed by atoms with Gasteiger partial charge in [-0.3, -0.25) is 0 Å². The number of methoxy groups -OCH3 is 1. The SMILES string of the molecule is COc1ccc([C@H](O)CNC(=O)Nc2cccc(C(F)(F)F)c2)cc1. The Morgan fingerprint density at radius 2 is 1.88 bits per heavy atom. The molecule has 5 nitrogen and oxygen atoms in total. The summed E-state index contributed by atoms with van der Waals surface area (Å²) in [4.78, 5) is 11.8. The molecule has 0 unspecified atom stereocenters. The van der Waals surface area contributed by atoms with Gasteiger partial charge < -0.3 is 20.5 Å². The number of anilines is 1. The lowest BCUT2D eigenvalue weighted by Gasteiger charge is -2.14. The molecule has 8 heteroatoms. The lowest BCUT2D eigenvalue weighted by Crippen LogP contribution is -2.32. The Labute approximate surface area is 142 Å². The number of halogens is 3. The third-order valence-corrected chi connectivity index (χ3v) is 3.40. The van der Waals surface area contributed by atoms with Crippen LogP contribution in [0.1, 0.15) is 17.2 Å². The molecule has 3 N–H and O–H groups in total. The quantitative estimate of drug-likeness (QED) is 0.769. The average Bonchev–Trinajstić information content (AvgIpc) is 2.59. The van der Waals surface area contributed by atoms with E-state index in [-0.39, 0.29) is 12.2 Å². The standard InChI is InChI=1S/C17H17F3N2O3/c1-25-14-7-5-11(6-8-14)15(23)10-21-16(24)22-13-4-2-3-12(9-13)17(18,19)20/h2-9,15,23H,10H2,1H3,(H2,21,22,24)/t15-/m1/s1. The number of benzene rings is 2. The fourth-order valence-electron chi connectivity index (χ4n) is 2.08. The Hall–Kier alpha value is -2.74. The molecule has 25 heavy (non-hydrogen) atoms. The minimum Gasteiger partial charge on any atom is -0.497 e. The summed E-state index contributed by atoms with van der Waals surface area (Å²) in [5.74, 6) is 0.631. The summed E-state index contributed by atoms with van der Waals surface area (Å²) in [6, 6.07) is 10.2. The van der Waals surface area contributed by atoms with Crippen molar-refractivity contribution in [2.45, 2.75) is 12.3 Å². The molecule has 0 radical (unpaired) electrons. The summed E-state index contributed by atoms with van der Waals surface area (Å²) in [5.41, 5.74) is -0.282. The fraction of sp³-hybridized carbons (Fsp3) is 0.235. The number of aliphatic hydroxyl groups excluding tert-OH is 1. The fourth-order valence-corrected chi connectivity index (χ4v) is 2.08. The zero-order valence-corrected chi connectivity index (χ0v) is 13.3. The molecule has 0 spiro atoms. The molecule has 0 aliphatic rings. The summed E-state index contributed by atoms with van der Waals surface area (Å²) in [7, 11) is 1.52. The molecule has 0 fully saturated rings. The number of aliphatic hydroxyl groups is 1. The summed E-state index contributed by atoms with van der Waals surface area (Å²) >= 11 is 0. The van der Waals surface area contributed by atoms with Gasteiger partial charge in [-0.25, -0.2) is 4.79 Å². The number of alkyl halides is 3. The Morgan fingerprint density at radius 3 is 2.48 bits per heavy atom. The number of urea groups is 1. The molecule has 0 aliphatic heterocycles. The average molecular weight is 354 g/mol. The van der Waals surface area contributed by atoms with Crippen LogP contribution in [0.3, 0.4) is 0 Å². The third kappa shape index (κ3) is 5.39. The Bertz CT molecular complexity index is 718. The largest absolute Gasteiger partial charge is 0.497 e. The van der Waals surface area contributed by atoms with Crippen molar-refractivity contribution < 1.29 is 27.8 Å². The number of carbonyl (C=O) groups excluding carboxylic acids is 1. The minimum absolute atomic E-state index is 0.00580. The van der Waals surface area contributed by atoms with E-state index in [2.05, 4.69) is 10.6 Å². The molecule has 0 heterocycles. The van der Waals surface area contributed by atoms with Crippen LogP contribution in [-0.4, -0.2) is 24.8 Å². The van der Waals surface area contributed by atoms with Gasteiger partial charge in [0.05, 0.1) is 18.8 Å². The Balaban J connectivity index is 1.89. The maximum absolute atomic E-state index is 12.6. The molecular weight excluding hydrogens is 337 g/mol. The van der Waals surface area contributed by atoms with Gasteiger partial charge in [-0.15, -0.1) is 0 Å². The van der Waals surface area contributed by atoms with Crippen molar-refractivity contribution in [3.8, 4) is 5.75 Å². The summed E-state index contributed by atoms with van der Waals surface area (Å²) < 4.78 is 42.9. The highest BCUT2D eigenvalue weighted by molar-refractivity contribution is 5.89. The number of hydrogen-bond acceptors (Lipinski definition) is 3. The first kappa shape index (κ1) is 18.6. The number of nitrogens with one attached hydrogen (secondary N) is 2. The van der Waals surface area contributed by atoms with Gasteiger partial charge in [-0.1, -0.05) is 18.2 Å². The van der Waals surface area contributed by atoms with Crippen molar-refractivity contribution in [2.75, 3.05) is 19.0 Å². The van der Waals surface area contributed by atoms with Crippen molar-refractivity contribution in [2.24, 2.45) is 0 Å². The molecule has 2 aromatic rings. The van der Waals surface area contributed by atoms with Crippen molar-refractivity contribution in [3.63, 3.8) is 0 Å². The zero-order valence-electron chi connectivity index (χ0n) is 13.3. The Morgan fingerprint density at radius 1 is 1.20 bits per heavy atom. The Kier molecular flexibility index (Phi) is 5.87. The second kappa shape index (κ2) is 7.89.